The van der Waals surface area contributed by atoms with Gasteiger partial charge >= 0.3 is 0 Å². The Bertz CT molecular complexity index is 604. The maximum Gasteiger partial charge on any atom is 0.217 e. The summed E-state index contributed by atoms with van der Waals surface area (Å²) in [5.41, 5.74) is 2.29. The normalized spacial score (nSPS) is 21.1. The highest BCUT2D eigenvalue weighted by atomic mass is 16.5. The molecule has 2 aromatic rings. The summed E-state index contributed by atoms with van der Waals surface area (Å²) in [5, 5.41) is 0. The molecule has 1 aliphatic rings. The van der Waals surface area contributed by atoms with E-state index >= 15 is 0 Å². The molecular weight excluding hydrogens is 246 g/mol. The minimum Gasteiger partial charge on any atom is -0.468 e. The van der Waals surface area contributed by atoms with E-state index < -0.39 is 0 Å². The molecule has 0 saturated heterocycles. The van der Waals surface area contributed by atoms with E-state index in [1.807, 2.05) is 42.5 Å². The zero-order chi connectivity index (χ0) is 13.8. The van der Waals surface area contributed by atoms with Crippen molar-refractivity contribution in [2.75, 3.05) is 0 Å². The number of hydrogen-bond acceptors (Lipinski definition) is 2. The molecule has 0 N–H and O–H groups in total. The molecule has 0 saturated carbocycles. The van der Waals surface area contributed by atoms with Crippen molar-refractivity contribution in [3.63, 3.8) is 0 Å². The fourth-order valence-corrected chi connectivity index (χ4v) is 2.41. The standard InChI is InChI=1S/C18H17NO/c1-2-17-16(13-14-9-5-3-6-10-14)19-18(20-17)15-11-7-4-8-12-15/h2-12,16-17H,1,13H2/t16-,17?/m0/s1. The molecule has 100 valence electrons. The molecule has 0 fully saturated rings. The topological polar surface area (TPSA) is 21.6 Å². The van der Waals surface area contributed by atoms with Crippen LogP contribution >= 0.6 is 0 Å². The van der Waals surface area contributed by atoms with E-state index in [0.717, 1.165) is 17.9 Å². The van der Waals surface area contributed by atoms with Crippen molar-refractivity contribution >= 4 is 5.90 Å². The molecule has 0 bridgehead atoms. The van der Waals surface area contributed by atoms with Gasteiger partial charge in [0.2, 0.25) is 5.90 Å². The van der Waals surface area contributed by atoms with Gasteiger partial charge in [-0.05, 0) is 30.2 Å². The van der Waals surface area contributed by atoms with Crippen LogP contribution in [0.4, 0.5) is 0 Å². The number of nitrogens with zero attached hydrogens (tertiary/aromatic N) is 1. The van der Waals surface area contributed by atoms with Crippen molar-refractivity contribution < 1.29 is 4.74 Å². The number of aliphatic imine (C=N–C) groups is 1. The Hall–Kier alpha value is -2.35. The van der Waals surface area contributed by atoms with Crippen molar-refractivity contribution in [3.05, 3.63) is 84.4 Å². The first-order chi connectivity index (χ1) is 9.86. The summed E-state index contributed by atoms with van der Waals surface area (Å²) in [5.74, 6) is 0.719. The van der Waals surface area contributed by atoms with Gasteiger partial charge in [0.1, 0.15) is 6.10 Å². The lowest BCUT2D eigenvalue weighted by Gasteiger charge is -2.13. The minimum atomic E-state index is -0.0505. The lowest BCUT2D eigenvalue weighted by molar-refractivity contribution is 0.241. The highest BCUT2D eigenvalue weighted by Crippen LogP contribution is 2.22. The second-order valence-electron chi connectivity index (χ2n) is 4.88. The minimum absolute atomic E-state index is 0.0505. The fourth-order valence-electron chi connectivity index (χ4n) is 2.41. The Balaban J connectivity index is 1.82. The molecule has 0 amide bonds. The van der Waals surface area contributed by atoms with Crippen LogP contribution in [0.2, 0.25) is 0 Å². The van der Waals surface area contributed by atoms with Gasteiger partial charge in [-0.3, -0.25) is 0 Å². The quantitative estimate of drug-likeness (QED) is 0.772. The van der Waals surface area contributed by atoms with E-state index in [4.69, 9.17) is 9.73 Å². The van der Waals surface area contributed by atoms with Crippen molar-refractivity contribution in [1.29, 1.82) is 0 Å². The van der Waals surface area contributed by atoms with Crippen LogP contribution in [0.3, 0.4) is 0 Å². The highest BCUT2D eigenvalue weighted by molar-refractivity contribution is 5.95. The maximum atomic E-state index is 5.91. The molecule has 0 aromatic heterocycles. The first kappa shape index (κ1) is 12.7. The smallest absolute Gasteiger partial charge is 0.217 e. The van der Waals surface area contributed by atoms with Gasteiger partial charge in [-0.15, -0.1) is 0 Å². The van der Waals surface area contributed by atoms with Crippen LogP contribution in [0.15, 0.2) is 78.3 Å². The number of rotatable bonds is 4. The molecule has 3 rings (SSSR count). The number of ether oxygens (including phenoxy) is 1. The van der Waals surface area contributed by atoms with Gasteiger partial charge in [0, 0.05) is 5.56 Å². The van der Waals surface area contributed by atoms with E-state index in [9.17, 15) is 0 Å². The van der Waals surface area contributed by atoms with Crippen molar-refractivity contribution in [2.24, 2.45) is 4.99 Å². The van der Waals surface area contributed by atoms with Crippen LogP contribution in [0.25, 0.3) is 0 Å². The van der Waals surface area contributed by atoms with Crippen LogP contribution in [-0.2, 0) is 11.2 Å². The first-order valence-corrected chi connectivity index (χ1v) is 6.83. The molecule has 2 aromatic carbocycles. The van der Waals surface area contributed by atoms with E-state index in [0.29, 0.717) is 0 Å². The Kier molecular flexibility index (Phi) is 3.64. The maximum absolute atomic E-state index is 5.91. The van der Waals surface area contributed by atoms with Gasteiger partial charge in [-0.2, -0.15) is 0 Å². The monoisotopic (exact) mass is 263 g/mol. The van der Waals surface area contributed by atoms with Gasteiger partial charge in [0.25, 0.3) is 0 Å². The number of benzene rings is 2. The Morgan fingerprint density at radius 2 is 1.65 bits per heavy atom. The second kappa shape index (κ2) is 5.74. The SMILES string of the molecule is C=CC1OC(c2ccccc2)=N[C@H]1Cc1ccccc1. The highest BCUT2D eigenvalue weighted by Gasteiger charge is 2.29. The Morgan fingerprint density at radius 1 is 1.00 bits per heavy atom. The Labute approximate surface area is 119 Å². The summed E-state index contributed by atoms with van der Waals surface area (Å²) in [7, 11) is 0. The summed E-state index contributed by atoms with van der Waals surface area (Å²) in [4.78, 5) is 4.73. The summed E-state index contributed by atoms with van der Waals surface area (Å²) in [6.07, 6.45) is 2.66. The first-order valence-electron chi connectivity index (χ1n) is 6.83. The van der Waals surface area contributed by atoms with Gasteiger partial charge in [-0.1, -0.05) is 55.1 Å². The van der Waals surface area contributed by atoms with Crippen molar-refractivity contribution in [2.45, 2.75) is 18.6 Å². The second-order valence-corrected chi connectivity index (χ2v) is 4.88. The average molecular weight is 263 g/mol. The lowest BCUT2D eigenvalue weighted by atomic mass is 10.0. The summed E-state index contributed by atoms with van der Waals surface area (Å²) in [6, 6.07) is 20.5. The third kappa shape index (κ3) is 2.64. The van der Waals surface area contributed by atoms with E-state index in [1.54, 1.807) is 0 Å². The third-order valence-corrected chi connectivity index (χ3v) is 3.45. The fraction of sp³-hybridized carbons (Fsp3) is 0.167. The lowest BCUT2D eigenvalue weighted by Crippen LogP contribution is -2.22. The van der Waals surface area contributed by atoms with Crippen molar-refractivity contribution in [3.8, 4) is 0 Å². The molecule has 0 aliphatic carbocycles. The molecule has 2 atom stereocenters. The number of hydrogen-bond donors (Lipinski definition) is 0. The zero-order valence-corrected chi connectivity index (χ0v) is 11.3. The van der Waals surface area contributed by atoms with Gasteiger partial charge in [-0.25, -0.2) is 4.99 Å². The summed E-state index contributed by atoms with van der Waals surface area (Å²) < 4.78 is 5.91. The summed E-state index contributed by atoms with van der Waals surface area (Å²) in [6.45, 7) is 3.86. The molecule has 2 nitrogen and oxygen atoms in total. The van der Waals surface area contributed by atoms with Gasteiger partial charge in [0.05, 0.1) is 6.04 Å². The van der Waals surface area contributed by atoms with Gasteiger partial charge in [0.15, 0.2) is 0 Å². The van der Waals surface area contributed by atoms with Crippen molar-refractivity contribution in [1.82, 2.24) is 0 Å². The molecule has 1 heterocycles. The predicted molar refractivity (Wildman–Crippen MR) is 82.0 cm³/mol. The van der Waals surface area contributed by atoms with Crippen LogP contribution < -0.4 is 0 Å². The molecule has 20 heavy (non-hydrogen) atoms. The molecule has 2 heteroatoms. The molecule has 1 aliphatic heterocycles. The Morgan fingerprint density at radius 3 is 2.30 bits per heavy atom. The van der Waals surface area contributed by atoms with Crippen LogP contribution in [-0.4, -0.2) is 18.0 Å². The molecule has 0 spiro atoms. The summed E-state index contributed by atoms with van der Waals surface area (Å²) >= 11 is 0. The van der Waals surface area contributed by atoms with E-state index in [1.165, 1.54) is 5.56 Å². The predicted octanol–water partition coefficient (Wildman–Crippen LogP) is 3.63. The van der Waals surface area contributed by atoms with E-state index in [-0.39, 0.29) is 12.1 Å². The third-order valence-electron chi connectivity index (χ3n) is 3.45. The van der Waals surface area contributed by atoms with Crippen LogP contribution in [0.5, 0.6) is 0 Å². The largest absolute Gasteiger partial charge is 0.468 e. The zero-order valence-electron chi connectivity index (χ0n) is 11.3. The average Bonchev–Trinajstić information content (AvgIpc) is 2.92. The van der Waals surface area contributed by atoms with Crippen LogP contribution in [0, 0.1) is 0 Å². The van der Waals surface area contributed by atoms with Crippen LogP contribution in [0.1, 0.15) is 11.1 Å². The molecule has 1 unspecified atom stereocenters. The van der Waals surface area contributed by atoms with Gasteiger partial charge < -0.3 is 4.74 Å². The van der Waals surface area contributed by atoms with E-state index in [2.05, 4.69) is 30.8 Å². The molecule has 0 radical (unpaired) electrons. The molecular formula is C18H17NO.